The number of piperidine rings is 1. The summed E-state index contributed by atoms with van der Waals surface area (Å²) in [5.41, 5.74) is 3.42. The van der Waals surface area contributed by atoms with E-state index in [4.69, 9.17) is 0 Å². The van der Waals surface area contributed by atoms with E-state index in [1.54, 1.807) is 9.58 Å². The predicted octanol–water partition coefficient (Wildman–Crippen LogP) is 3.69. The first-order chi connectivity index (χ1) is 17.1. The number of carbonyl (C=O) groups is 1. The van der Waals surface area contributed by atoms with Crippen molar-refractivity contribution in [2.24, 2.45) is 0 Å². The van der Waals surface area contributed by atoms with Crippen molar-refractivity contribution in [1.29, 1.82) is 0 Å². The zero-order valence-electron chi connectivity index (χ0n) is 20.0. The van der Waals surface area contributed by atoms with E-state index in [2.05, 4.69) is 44.2 Å². The van der Waals surface area contributed by atoms with Gasteiger partial charge in [0.05, 0.1) is 11.9 Å². The van der Waals surface area contributed by atoms with Crippen LogP contribution in [0.4, 0.5) is 5.69 Å². The average Bonchev–Trinajstić information content (AvgIpc) is 3.33. The summed E-state index contributed by atoms with van der Waals surface area (Å²) in [5.74, 6) is 0.484. The Hall–Kier alpha value is -3.94. The van der Waals surface area contributed by atoms with Gasteiger partial charge in [-0.1, -0.05) is 30.3 Å². The molecule has 2 aromatic heterocycles. The molecule has 8 heteroatoms. The minimum absolute atomic E-state index is 0.00409. The second-order valence-corrected chi connectivity index (χ2v) is 9.11. The number of hydrogen-bond acceptors (Lipinski definition) is 5. The average molecular weight is 471 g/mol. The summed E-state index contributed by atoms with van der Waals surface area (Å²) in [4.78, 5) is 36.9. The molecular formula is C27H30N6O2. The molecule has 4 aromatic rings. The molecule has 0 unspecified atom stereocenters. The van der Waals surface area contributed by atoms with Crippen LogP contribution in [0.2, 0.25) is 0 Å². The standard InChI is InChI=1S/C27H30N6O2/c1-31(19-20-10-12-21(13-11-20)32-16-6-3-7-17-32)25(34)15-14-24-29-26-23(27(35)30-24)18-28-33(26)22-8-4-2-5-9-22/h2,4-5,8-13,18H,3,6-7,14-17,19H2,1H3,(H,29,30,35). The number of benzene rings is 2. The largest absolute Gasteiger partial charge is 0.372 e. The van der Waals surface area contributed by atoms with E-state index in [1.165, 1.54) is 31.1 Å². The molecule has 1 aliphatic heterocycles. The molecule has 180 valence electrons. The fraction of sp³-hybridized carbons (Fsp3) is 0.333. The first-order valence-electron chi connectivity index (χ1n) is 12.2. The van der Waals surface area contributed by atoms with Crippen molar-refractivity contribution in [3.05, 3.63) is 82.5 Å². The third kappa shape index (κ3) is 5.11. The number of nitrogens with zero attached hydrogens (tertiary/aromatic N) is 5. The van der Waals surface area contributed by atoms with Gasteiger partial charge in [0, 0.05) is 45.2 Å². The second-order valence-electron chi connectivity index (χ2n) is 9.11. The molecule has 1 amide bonds. The third-order valence-corrected chi connectivity index (χ3v) is 6.57. The number of H-pyrrole nitrogens is 1. The summed E-state index contributed by atoms with van der Waals surface area (Å²) >= 11 is 0. The maximum atomic E-state index is 12.8. The van der Waals surface area contributed by atoms with E-state index in [0.717, 1.165) is 24.3 Å². The molecule has 2 aromatic carbocycles. The molecule has 3 heterocycles. The number of fused-ring (bicyclic) bond motifs is 1. The predicted molar refractivity (Wildman–Crippen MR) is 137 cm³/mol. The second kappa shape index (κ2) is 10.1. The maximum absolute atomic E-state index is 12.8. The van der Waals surface area contributed by atoms with Crippen molar-refractivity contribution in [2.45, 2.75) is 38.6 Å². The molecule has 0 spiro atoms. The SMILES string of the molecule is CN(Cc1ccc(N2CCCCC2)cc1)C(=O)CCc1nc2c(cnn2-c2ccccc2)c(=O)[nH]1. The number of nitrogens with one attached hydrogen (secondary N) is 1. The molecule has 0 saturated carbocycles. The molecule has 8 nitrogen and oxygen atoms in total. The van der Waals surface area contributed by atoms with Gasteiger partial charge in [0.25, 0.3) is 5.56 Å². The molecule has 1 saturated heterocycles. The van der Waals surface area contributed by atoms with Crippen molar-refractivity contribution in [1.82, 2.24) is 24.6 Å². The molecule has 0 aliphatic carbocycles. The lowest BCUT2D eigenvalue weighted by Gasteiger charge is -2.29. The fourth-order valence-corrected chi connectivity index (χ4v) is 4.58. The number of aromatic amines is 1. The van der Waals surface area contributed by atoms with Crippen LogP contribution in [-0.2, 0) is 17.8 Å². The highest BCUT2D eigenvalue weighted by Gasteiger charge is 2.15. The lowest BCUT2D eigenvalue weighted by atomic mass is 10.1. The van der Waals surface area contributed by atoms with E-state index in [9.17, 15) is 9.59 Å². The van der Waals surface area contributed by atoms with Crippen molar-refractivity contribution in [3.63, 3.8) is 0 Å². The number of amides is 1. The van der Waals surface area contributed by atoms with Crippen LogP contribution in [0.3, 0.4) is 0 Å². The lowest BCUT2D eigenvalue weighted by Crippen LogP contribution is -2.29. The Labute approximate surface area is 204 Å². The summed E-state index contributed by atoms with van der Waals surface area (Å²) in [6.07, 6.45) is 5.95. The summed E-state index contributed by atoms with van der Waals surface area (Å²) < 4.78 is 1.65. The quantitative estimate of drug-likeness (QED) is 0.445. The van der Waals surface area contributed by atoms with E-state index in [1.807, 2.05) is 37.4 Å². The number of aryl methyl sites for hydroxylation is 1. The van der Waals surface area contributed by atoms with Gasteiger partial charge in [-0.2, -0.15) is 5.10 Å². The summed E-state index contributed by atoms with van der Waals surface area (Å²) in [6.45, 7) is 2.78. The summed E-state index contributed by atoms with van der Waals surface area (Å²) in [7, 11) is 1.81. The van der Waals surface area contributed by atoms with Crippen LogP contribution >= 0.6 is 0 Å². The molecule has 5 rings (SSSR count). The summed E-state index contributed by atoms with van der Waals surface area (Å²) in [5, 5.41) is 4.75. The van der Waals surface area contributed by atoms with Gasteiger partial charge in [-0.3, -0.25) is 9.59 Å². The highest BCUT2D eigenvalue weighted by atomic mass is 16.2. The number of anilines is 1. The van der Waals surface area contributed by atoms with Gasteiger partial charge < -0.3 is 14.8 Å². The van der Waals surface area contributed by atoms with E-state index >= 15 is 0 Å². The molecule has 0 atom stereocenters. The molecule has 1 N–H and O–H groups in total. The van der Waals surface area contributed by atoms with Crippen LogP contribution in [0.5, 0.6) is 0 Å². The van der Waals surface area contributed by atoms with Crippen molar-refractivity contribution >= 4 is 22.6 Å². The molecule has 0 radical (unpaired) electrons. The minimum Gasteiger partial charge on any atom is -0.372 e. The Morgan fingerprint density at radius 3 is 2.49 bits per heavy atom. The molecule has 1 aliphatic rings. The monoisotopic (exact) mass is 470 g/mol. The summed E-state index contributed by atoms with van der Waals surface area (Å²) in [6, 6.07) is 18.1. The Morgan fingerprint density at radius 1 is 1.00 bits per heavy atom. The molecule has 0 bridgehead atoms. The topological polar surface area (TPSA) is 87.1 Å². The van der Waals surface area contributed by atoms with Gasteiger partial charge >= 0.3 is 0 Å². The number of hydrogen-bond donors (Lipinski definition) is 1. The molecule has 35 heavy (non-hydrogen) atoms. The van der Waals surface area contributed by atoms with Crippen LogP contribution in [0.15, 0.2) is 65.6 Å². The van der Waals surface area contributed by atoms with E-state index in [-0.39, 0.29) is 17.9 Å². The third-order valence-electron chi connectivity index (χ3n) is 6.57. The number of para-hydroxylation sites is 1. The normalized spacial score (nSPS) is 13.8. The Bertz CT molecular complexity index is 1350. The van der Waals surface area contributed by atoms with Crippen LogP contribution < -0.4 is 10.5 Å². The van der Waals surface area contributed by atoms with Gasteiger partial charge in [-0.05, 0) is 49.1 Å². The zero-order valence-corrected chi connectivity index (χ0v) is 20.0. The van der Waals surface area contributed by atoms with Gasteiger partial charge in [0.2, 0.25) is 5.91 Å². The Balaban J connectivity index is 1.22. The highest BCUT2D eigenvalue weighted by Crippen LogP contribution is 2.21. The smallest absolute Gasteiger partial charge is 0.262 e. The van der Waals surface area contributed by atoms with Gasteiger partial charge in [-0.25, -0.2) is 9.67 Å². The van der Waals surface area contributed by atoms with Gasteiger partial charge in [0.15, 0.2) is 5.65 Å². The number of carbonyl (C=O) groups excluding carboxylic acids is 1. The molecular weight excluding hydrogens is 440 g/mol. The van der Waals surface area contributed by atoms with Crippen LogP contribution in [-0.4, -0.2) is 50.7 Å². The van der Waals surface area contributed by atoms with E-state index < -0.39 is 0 Å². The van der Waals surface area contributed by atoms with Crippen molar-refractivity contribution < 1.29 is 4.79 Å². The van der Waals surface area contributed by atoms with Crippen LogP contribution in [0.25, 0.3) is 16.7 Å². The minimum atomic E-state index is -0.248. The highest BCUT2D eigenvalue weighted by molar-refractivity contribution is 5.77. The van der Waals surface area contributed by atoms with Crippen LogP contribution in [0, 0.1) is 0 Å². The zero-order chi connectivity index (χ0) is 24.2. The van der Waals surface area contributed by atoms with Gasteiger partial charge in [0.1, 0.15) is 11.2 Å². The lowest BCUT2D eigenvalue weighted by molar-refractivity contribution is -0.130. The molecule has 1 fully saturated rings. The number of aromatic nitrogens is 4. The fourth-order valence-electron chi connectivity index (χ4n) is 4.58. The van der Waals surface area contributed by atoms with Crippen molar-refractivity contribution in [2.75, 3.05) is 25.0 Å². The van der Waals surface area contributed by atoms with Crippen LogP contribution in [0.1, 0.15) is 37.1 Å². The number of rotatable bonds is 7. The van der Waals surface area contributed by atoms with Crippen molar-refractivity contribution in [3.8, 4) is 5.69 Å². The first kappa shape index (κ1) is 22.8. The van der Waals surface area contributed by atoms with Gasteiger partial charge in [-0.15, -0.1) is 0 Å². The van der Waals surface area contributed by atoms with E-state index in [0.29, 0.717) is 29.8 Å². The Morgan fingerprint density at radius 2 is 1.74 bits per heavy atom. The first-order valence-corrected chi connectivity index (χ1v) is 12.2. The Kier molecular flexibility index (Phi) is 6.61. The maximum Gasteiger partial charge on any atom is 0.262 e.